The SMILES string of the molecule is CSc1cc(F)c(-c2nc(C(=O)Cc3cnccc3[C@@H]3C[C@H](C)C[C@H](N)C3)ccc2F)c(F)c1. The molecule has 1 aliphatic rings. The normalized spacial score (nSPS) is 20.4. The number of carbonyl (C=O) groups is 1. The van der Waals surface area contributed by atoms with Crippen LogP contribution in [-0.4, -0.2) is 28.0 Å². The summed E-state index contributed by atoms with van der Waals surface area (Å²) in [5.74, 6) is -2.45. The van der Waals surface area contributed by atoms with Crippen LogP contribution >= 0.6 is 11.8 Å². The summed E-state index contributed by atoms with van der Waals surface area (Å²) in [6.07, 6.45) is 7.82. The highest BCUT2D eigenvalue weighted by Gasteiger charge is 2.28. The zero-order valence-electron chi connectivity index (χ0n) is 19.0. The number of nitrogens with zero attached hydrogens (tertiary/aromatic N) is 2. The first-order chi connectivity index (χ1) is 16.3. The summed E-state index contributed by atoms with van der Waals surface area (Å²) in [4.78, 5) is 21.7. The lowest BCUT2D eigenvalue weighted by molar-refractivity contribution is 0.0987. The first-order valence-corrected chi connectivity index (χ1v) is 12.4. The Morgan fingerprint density at radius 1 is 1.09 bits per heavy atom. The fourth-order valence-corrected chi connectivity index (χ4v) is 5.27. The number of halogens is 3. The molecule has 0 amide bonds. The van der Waals surface area contributed by atoms with Crippen LogP contribution in [0.2, 0.25) is 0 Å². The van der Waals surface area contributed by atoms with Gasteiger partial charge in [-0.05, 0) is 78.8 Å². The maximum Gasteiger partial charge on any atom is 0.185 e. The van der Waals surface area contributed by atoms with E-state index in [1.807, 2.05) is 6.07 Å². The third-order valence-electron chi connectivity index (χ3n) is 6.33. The van der Waals surface area contributed by atoms with E-state index in [4.69, 9.17) is 5.73 Å². The molecule has 34 heavy (non-hydrogen) atoms. The molecule has 1 aliphatic carbocycles. The van der Waals surface area contributed by atoms with Crippen molar-refractivity contribution >= 4 is 17.5 Å². The molecule has 0 bridgehead atoms. The minimum absolute atomic E-state index is 0.00224. The number of benzene rings is 1. The van der Waals surface area contributed by atoms with Gasteiger partial charge in [-0.2, -0.15) is 0 Å². The number of nitrogens with two attached hydrogens (primary N) is 1. The fourth-order valence-electron chi connectivity index (χ4n) is 4.82. The number of aromatic nitrogens is 2. The van der Waals surface area contributed by atoms with Crippen molar-refractivity contribution in [2.24, 2.45) is 11.7 Å². The number of Topliss-reactive ketones (excluding diaryl/α,β-unsaturated/α-hetero) is 1. The third-order valence-corrected chi connectivity index (χ3v) is 7.04. The summed E-state index contributed by atoms with van der Waals surface area (Å²) in [6.45, 7) is 2.17. The molecule has 1 fully saturated rings. The minimum atomic E-state index is -0.933. The zero-order chi connectivity index (χ0) is 24.4. The van der Waals surface area contributed by atoms with Crippen LogP contribution in [0.4, 0.5) is 13.2 Å². The summed E-state index contributed by atoms with van der Waals surface area (Å²) in [5.41, 5.74) is 6.85. The number of carbonyl (C=O) groups excluding carboxylic acids is 1. The molecule has 0 radical (unpaired) electrons. The summed E-state index contributed by atoms with van der Waals surface area (Å²) in [7, 11) is 0. The van der Waals surface area contributed by atoms with Gasteiger partial charge in [0.15, 0.2) is 5.78 Å². The van der Waals surface area contributed by atoms with Gasteiger partial charge in [-0.1, -0.05) is 6.92 Å². The molecule has 2 N–H and O–H groups in total. The smallest absolute Gasteiger partial charge is 0.185 e. The Kier molecular flexibility index (Phi) is 7.38. The predicted octanol–water partition coefficient (Wildman–Crippen LogP) is 5.94. The molecular formula is C26H26F3N3OS. The van der Waals surface area contributed by atoms with Crippen LogP contribution in [0.3, 0.4) is 0 Å². The van der Waals surface area contributed by atoms with Gasteiger partial charge in [-0.15, -0.1) is 11.8 Å². The molecule has 3 atom stereocenters. The van der Waals surface area contributed by atoms with Gasteiger partial charge in [0.25, 0.3) is 0 Å². The summed E-state index contributed by atoms with van der Waals surface area (Å²) < 4.78 is 43.7. The van der Waals surface area contributed by atoms with Crippen LogP contribution < -0.4 is 5.73 Å². The van der Waals surface area contributed by atoms with E-state index >= 15 is 0 Å². The van der Waals surface area contributed by atoms with Gasteiger partial charge in [-0.25, -0.2) is 18.2 Å². The Balaban J connectivity index is 1.64. The Bertz CT molecular complexity index is 1190. The van der Waals surface area contributed by atoms with Crippen molar-refractivity contribution in [2.75, 3.05) is 6.26 Å². The van der Waals surface area contributed by atoms with Crippen molar-refractivity contribution in [2.45, 2.75) is 49.5 Å². The summed E-state index contributed by atoms with van der Waals surface area (Å²) >= 11 is 1.17. The average molecular weight is 486 g/mol. The molecule has 0 aliphatic heterocycles. The number of rotatable bonds is 6. The molecule has 2 heterocycles. The molecule has 3 aromatic rings. The Labute approximate surface area is 201 Å². The van der Waals surface area contributed by atoms with E-state index < -0.39 is 28.7 Å². The first-order valence-electron chi connectivity index (χ1n) is 11.2. The second-order valence-corrected chi connectivity index (χ2v) is 9.82. The molecule has 0 spiro atoms. The van der Waals surface area contributed by atoms with Crippen LogP contribution in [0, 0.1) is 23.4 Å². The van der Waals surface area contributed by atoms with E-state index in [9.17, 15) is 18.0 Å². The highest BCUT2D eigenvalue weighted by Crippen LogP contribution is 2.37. The van der Waals surface area contributed by atoms with E-state index in [1.54, 1.807) is 18.6 Å². The van der Waals surface area contributed by atoms with E-state index in [1.165, 1.54) is 17.8 Å². The maximum absolute atomic E-state index is 14.6. The molecule has 1 saturated carbocycles. The van der Waals surface area contributed by atoms with E-state index in [2.05, 4.69) is 16.9 Å². The van der Waals surface area contributed by atoms with Crippen molar-refractivity contribution < 1.29 is 18.0 Å². The van der Waals surface area contributed by atoms with Crippen LogP contribution in [0.5, 0.6) is 0 Å². The highest BCUT2D eigenvalue weighted by atomic mass is 32.2. The maximum atomic E-state index is 14.6. The topological polar surface area (TPSA) is 68.9 Å². The largest absolute Gasteiger partial charge is 0.328 e. The number of ketones is 1. The van der Waals surface area contributed by atoms with Crippen LogP contribution in [0.15, 0.2) is 47.6 Å². The molecule has 178 valence electrons. The summed E-state index contributed by atoms with van der Waals surface area (Å²) in [5, 5.41) is 0. The lowest BCUT2D eigenvalue weighted by Crippen LogP contribution is -2.31. The monoisotopic (exact) mass is 485 g/mol. The second-order valence-electron chi connectivity index (χ2n) is 8.94. The van der Waals surface area contributed by atoms with Crippen molar-refractivity contribution in [3.63, 3.8) is 0 Å². The number of hydrogen-bond donors (Lipinski definition) is 1. The molecule has 4 rings (SSSR count). The van der Waals surface area contributed by atoms with E-state index in [-0.39, 0.29) is 29.9 Å². The number of hydrogen-bond acceptors (Lipinski definition) is 5. The van der Waals surface area contributed by atoms with Crippen LogP contribution in [0.25, 0.3) is 11.3 Å². The van der Waals surface area contributed by atoms with E-state index in [0.717, 1.165) is 48.6 Å². The second kappa shape index (κ2) is 10.3. The first kappa shape index (κ1) is 24.4. The quantitative estimate of drug-likeness (QED) is 0.346. The average Bonchev–Trinajstić information content (AvgIpc) is 2.79. The van der Waals surface area contributed by atoms with Gasteiger partial charge in [0.2, 0.25) is 0 Å². The van der Waals surface area contributed by atoms with Gasteiger partial charge >= 0.3 is 0 Å². The Morgan fingerprint density at radius 3 is 2.50 bits per heavy atom. The van der Waals surface area contributed by atoms with Gasteiger partial charge in [-0.3, -0.25) is 9.78 Å². The lowest BCUT2D eigenvalue weighted by atomic mass is 9.75. The zero-order valence-corrected chi connectivity index (χ0v) is 19.8. The van der Waals surface area contributed by atoms with Crippen molar-refractivity contribution in [1.29, 1.82) is 0 Å². The molecule has 2 aromatic heterocycles. The highest BCUT2D eigenvalue weighted by molar-refractivity contribution is 7.98. The standard InChI is InChI=1S/C26H26F3N3OS/c1-14-7-15(9-17(30)8-14)19-5-6-31-13-16(19)10-24(33)23-4-3-20(27)26(32-23)25-21(28)11-18(34-2)12-22(25)29/h3-6,11-15,17H,7-10,30H2,1-2H3/t14-,15+,17-/m0/s1. The van der Waals surface area contributed by atoms with E-state index in [0.29, 0.717) is 10.8 Å². The molecule has 1 aromatic carbocycles. The molecule has 8 heteroatoms. The van der Waals surface area contributed by atoms with Gasteiger partial charge in [0, 0.05) is 29.8 Å². The van der Waals surface area contributed by atoms with Crippen molar-refractivity contribution in [1.82, 2.24) is 9.97 Å². The summed E-state index contributed by atoms with van der Waals surface area (Å²) in [6, 6.07) is 6.52. The number of thioether (sulfide) groups is 1. The van der Waals surface area contributed by atoms with Gasteiger partial charge < -0.3 is 5.73 Å². The molecule has 0 unspecified atom stereocenters. The van der Waals surface area contributed by atoms with Crippen LogP contribution in [0.1, 0.15) is 53.7 Å². The van der Waals surface area contributed by atoms with Crippen molar-refractivity contribution in [3.05, 3.63) is 77.0 Å². The number of pyridine rings is 2. The Hall–Kier alpha value is -2.71. The molecule has 4 nitrogen and oxygen atoms in total. The fraction of sp³-hybridized carbons (Fsp3) is 0.346. The predicted molar refractivity (Wildman–Crippen MR) is 127 cm³/mol. The molecule has 0 saturated heterocycles. The van der Waals surface area contributed by atoms with Crippen molar-refractivity contribution in [3.8, 4) is 11.3 Å². The van der Waals surface area contributed by atoms with Gasteiger partial charge in [0.1, 0.15) is 28.8 Å². The molecular weight excluding hydrogens is 459 g/mol. The minimum Gasteiger partial charge on any atom is -0.328 e. The third kappa shape index (κ3) is 5.18. The Morgan fingerprint density at radius 2 is 1.82 bits per heavy atom. The van der Waals surface area contributed by atoms with Crippen LogP contribution in [-0.2, 0) is 6.42 Å². The lowest BCUT2D eigenvalue weighted by Gasteiger charge is -2.32. The van der Waals surface area contributed by atoms with Gasteiger partial charge in [0.05, 0.1) is 5.56 Å².